The molecule has 0 aromatic heterocycles. The average molecular weight is 259 g/mol. The van der Waals surface area contributed by atoms with E-state index in [-0.39, 0.29) is 0 Å². The second-order valence-corrected chi connectivity index (χ2v) is 6.87. The molecule has 1 aromatic carbocycles. The maximum absolute atomic E-state index is 2.58. The van der Waals surface area contributed by atoms with Crippen molar-refractivity contribution < 1.29 is 0 Å². The van der Waals surface area contributed by atoms with Gasteiger partial charge in [0.25, 0.3) is 0 Å². The molecule has 0 unspecified atom stereocenters. The quantitative estimate of drug-likeness (QED) is 0.760. The summed E-state index contributed by atoms with van der Waals surface area (Å²) in [5, 5.41) is 0. The van der Waals surface area contributed by atoms with Crippen LogP contribution >= 0.6 is 0 Å². The standard InChI is InChI=1S/C18H29N/c1-12(2)17-9-15-7-8-19(14(5)6)11-16(15)10-18(17)13(3)4/h9-10,12-14H,7-8,11H2,1-6H3. The van der Waals surface area contributed by atoms with Gasteiger partial charge >= 0.3 is 0 Å². The molecule has 0 spiro atoms. The summed E-state index contributed by atoms with van der Waals surface area (Å²) in [5.41, 5.74) is 6.27. The number of hydrogen-bond acceptors (Lipinski definition) is 1. The Morgan fingerprint density at radius 3 is 1.84 bits per heavy atom. The first-order valence-electron chi connectivity index (χ1n) is 7.79. The lowest BCUT2D eigenvalue weighted by atomic mass is 9.85. The van der Waals surface area contributed by atoms with Crippen molar-refractivity contribution in [1.29, 1.82) is 0 Å². The number of benzene rings is 1. The van der Waals surface area contributed by atoms with Crippen molar-refractivity contribution in [3.05, 3.63) is 34.4 Å². The fourth-order valence-electron chi connectivity index (χ4n) is 3.11. The second kappa shape index (κ2) is 5.66. The first kappa shape index (κ1) is 14.6. The van der Waals surface area contributed by atoms with Gasteiger partial charge < -0.3 is 0 Å². The Kier molecular flexibility index (Phi) is 4.35. The molecular weight excluding hydrogens is 230 g/mol. The molecule has 1 heteroatoms. The van der Waals surface area contributed by atoms with Gasteiger partial charge in [0, 0.05) is 19.1 Å². The van der Waals surface area contributed by atoms with Crippen LogP contribution in [-0.2, 0) is 13.0 Å². The van der Waals surface area contributed by atoms with Crippen molar-refractivity contribution in [2.75, 3.05) is 6.54 Å². The van der Waals surface area contributed by atoms with Crippen LogP contribution in [0.1, 0.15) is 75.6 Å². The van der Waals surface area contributed by atoms with Gasteiger partial charge in [-0.1, -0.05) is 39.8 Å². The third kappa shape index (κ3) is 3.02. The highest BCUT2D eigenvalue weighted by atomic mass is 15.1. The SMILES string of the molecule is CC(C)c1cc2c(cc1C(C)C)CN(C(C)C)CC2. The van der Waals surface area contributed by atoms with E-state index in [9.17, 15) is 0 Å². The Morgan fingerprint density at radius 1 is 0.842 bits per heavy atom. The maximum Gasteiger partial charge on any atom is 0.0239 e. The van der Waals surface area contributed by atoms with E-state index < -0.39 is 0 Å². The number of fused-ring (bicyclic) bond motifs is 1. The lowest BCUT2D eigenvalue weighted by molar-refractivity contribution is 0.203. The largest absolute Gasteiger partial charge is 0.296 e. The Bertz CT molecular complexity index is 443. The fourth-order valence-corrected chi connectivity index (χ4v) is 3.11. The first-order valence-corrected chi connectivity index (χ1v) is 7.79. The van der Waals surface area contributed by atoms with E-state index in [1.165, 1.54) is 13.0 Å². The van der Waals surface area contributed by atoms with E-state index >= 15 is 0 Å². The number of nitrogens with zero attached hydrogens (tertiary/aromatic N) is 1. The maximum atomic E-state index is 2.58. The molecule has 1 nitrogen and oxygen atoms in total. The van der Waals surface area contributed by atoms with Crippen LogP contribution < -0.4 is 0 Å². The van der Waals surface area contributed by atoms with Crippen LogP contribution in [0.3, 0.4) is 0 Å². The van der Waals surface area contributed by atoms with Gasteiger partial charge in [0.1, 0.15) is 0 Å². The molecule has 19 heavy (non-hydrogen) atoms. The van der Waals surface area contributed by atoms with Gasteiger partial charge in [-0.2, -0.15) is 0 Å². The van der Waals surface area contributed by atoms with Gasteiger partial charge in [0.2, 0.25) is 0 Å². The molecule has 0 atom stereocenters. The molecule has 0 N–H and O–H groups in total. The highest BCUT2D eigenvalue weighted by Crippen LogP contribution is 2.32. The van der Waals surface area contributed by atoms with E-state index in [4.69, 9.17) is 0 Å². The van der Waals surface area contributed by atoms with Gasteiger partial charge in [-0.25, -0.2) is 0 Å². The molecule has 106 valence electrons. The highest BCUT2D eigenvalue weighted by Gasteiger charge is 2.21. The molecule has 1 aromatic rings. The van der Waals surface area contributed by atoms with E-state index in [1.54, 1.807) is 22.3 Å². The third-order valence-electron chi connectivity index (χ3n) is 4.42. The average Bonchev–Trinajstić information content (AvgIpc) is 2.36. The van der Waals surface area contributed by atoms with Crippen LogP contribution in [0.4, 0.5) is 0 Å². The van der Waals surface area contributed by atoms with Gasteiger partial charge in [-0.15, -0.1) is 0 Å². The zero-order valence-electron chi connectivity index (χ0n) is 13.5. The summed E-state index contributed by atoms with van der Waals surface area (Å²) in [6.45, 7) is 16.2. The molecule has 0 fully saturated rings. The predicted molar refractivity (Wildman–Crippen MR) is 83.9 cm³/mol. The second-order valence-electron chi connectivity index (χ2n) is 6.87. The van der Waals surface area contributed by atoms with Crippen LogP contribution in [0.25, 0.3) is 0 Å². The minimum absolute atomic E-state index is 0.622. The first-order chi connectivity index (χ1) is 8.90. The van der Waals surface area contributed by atoms with Gasteiger partial charge in [-0.05, 0) is 54.4 Å². The fraction of sp³-hybridized carbons (Fsp3) is 0.667. The van der Waals surface area contributed by atoms with Crippen molar-refractivity contribution in [2.45, 2.75) is 72.4 Å². The number of hydrogen-bond donors (Lipinski definition) is 0. The Labute approximate surface area is 119 Å². The summed E-state index contributed by atoms with van der Waals surface area (Å²) in [4.78, 5) is 2.58. The van der Waals surface area contributed by atoms with Gasteiger partial charge in [0.15, 0.2) is 0 Å². The van der Waals surface area contributed by atoms with Crippen molar-refractivity contribution in [3.63, 3.8) is 0 Å². The molecule has 0 saturated heterocycles. The van der Waals surface area contributed by atoms with Crippen molar-refractivity contribution in [3.8, 4) is 0 Å². The summed E-state index contributed by atoms with van der Waals surface area (Å²) in [5.74, 6) is 1.25. The van der Waals surface area contributed by atoms with Crippen molar-refractivity contribution in [2.24, 2.45) is 0 Å². The van der Waals surface area contributed by atoms with E-state index in [2.05, 4.69) is 58.6 Å². The van der Waals surface area contributed by atoms with Crippen LogP contribution in [0.2, 0.25) is 0 Å². The van der Waals surface area contributed by atoms with Crippen LogP contribution in [0.5, 0.6) is 0 Å². The third-order valence-corrected chi connectivity index (χ3v) is 4.42. The van der Waals surface area contributed by atoms with Crippen LogP contribution in [0, 0.1) is 0 Å². The molecule has 0 aliphatic carbocycles. The monoisotopic (exact) mass is 259 g/mol. The summed E-state index contributed by atoms with van der Waals surface area (Å²) >= 11 is 0. The van der Waals surface area contributed by atoms with E-state index in [0.29, 0.717) is 17.9 Å². The van der Waals surface area contributed by atoms with Gasteiger partial charge in [0.05, 0.1) is 0 Å². The molecular formula is C18H29N. The zero-order chi connectivity index (χ0) is 14.2. The molecule has 0 amide bonds. The number of rotatable bonds is 3. The Balaban J connectivity index is 2.40. The van der Waals surface area contributed by atoms with Crippen LogP contribution in [0.15, 0.2) is 12.1 Å². The molecule has 1 aliphatic heterocycles. The zero-order valence-corrected chi connectivity index (χ0v) is 13.5. The Hall–Kier alpha value is -0.820. The summed E-state index contributed by atoms with van der Waals surface area (Å²) < 4.78 is 0. The normalized spacial score (nSPS) is 16.5. The summed E-state index contributed by atoms with van der Waals surface area (Å²) in [6.07, 6.45) is 1.21. The van der Waals surface area contributed by atoms with Crippen molar-refractivity contribution >= 4 is 0 Å². The minimum Gasteiger partial charge on any atom is -0.296 e. The molecule has 1 aliphatic rings. The molecule has 0 bridgehead atoms. The Morgan fingerprint density at radius 2 is 1.37 bits per heavy atom. The summed E-state index contributed by atoms with van der Waals surface area (Å²) in [6, 6.07) is 5.64. The molecule has 0 saturated carbocycles. The van der Waals surface area contributed by atoms with E-state index in [0.717, 1.165) is 6.54 Å². The molecule has 0 radical (unpaired) electrons. The lowest BCUT2D eigenvalue weighted by Gasteiger charge is -2.33. The topological polar surface area (TPSA) is 3.24 Å². The lowest BCUT2D eigenvalue weighted by Crippen LogP contribution is -2.36. The van der Waals surface area contributed by atoms with E-state index in [1.807, 2.05) is 0 Å². The van der Waals surface area contributed by atoms with Crippen LogP contribution in [-0.4, -0.2) is 17.5 Å². The molecule has 1 heterocycles. The predicted octanol–water partition coefficient (Wildman–Crippen LogP) is 4.70. The summed E-state index contributed by atoms with van der Waals surface area (Å²) in [7, 11) is 0. The highest BCUT2D eigenvalue weighted by molar-refractivity contribution is 5.42. The minimum atomic E-state index is 0.622. The smallest absolute Gasteiger partial charge is 0.0239 e. The molecule has 2 rings (SSSR count). The van der Waals surface area contributed by atoms with Crippen molar-refractivity contribution in [1.82, 2.24) is 4.90 Å². The van der Waals surface area contributed by atoms with Gasteiger partial charge in [-0.3, -0.25) is 4.90 Å².